The highest BCUT2D eigenvalue weighted by molar-refractivity contribution is 5.56. The number of nitrogens with two attached hydrogens (primary N) is 1. The predicted octanol–water partition coefficient (Wildman–Crippen LogP) is 1.15. The van der Waals surface area contributed by atoms with Crippen LogP contribution in [0.3, 0.4) is 0 Å². The van der Waals surface area contributed by atoms with Gasteiger partial charge in [-0.05, 0) is 13.3 Å². The third kappa shape index (κ3) is 2.32. The maximum atomic E-state index is 5.38. The van der Waals surface area contributed by atoms with Gasteiger partial charge in [0.15, 0.2) is 0 Å². The summed E-state index contributed by atoms with van der Waals surface area (Å²) in [4.78, 5) is 8.25. The summed E-state index contributed by atoms with van der Waals surface area (Å²) in [6, 6.07) is 0. The lowest BCUT2D eigenvalue weighted by Gasteiger charge is -2.11. The lowest BCUT2D eigenvalue weighted by Crippen LogP contribution is -2.14. The average Bonchev–Trinajstić information content (AvgIpc) is 2.21. The summed E-state index contributed by atoms with van der Waals surface area (Å²) in [7, 11) is 0. The van der Waals surface area contributed by atoms with Gasteiger partial charge in [0, 0.05) is 12.1 Å². The zero-order chi connectivity index (χ0) is 10.4. The van der Waals surface area contributed by atoms with Crippen LogP contribution < -0.4 is 16.6 Å². The molecule has 14 heavy (non-hydrogen) atoms. The fourth-order valence-electron chi connectivity index (χ4n) is 1.34. The van der Waals surface area contributed by atoms with Gasteiger partial charge >= 0.3 is 0 Å². The molecule has 4 N–H and O–H groups in total. The van der Waals surface area contributed by atoms with Crippen molar-refractivity contribution in [1.29, 1.82) is 0 Å². The van der Waals surface area contributed by atoms with Crippen molar-refractivity contribution in [3.8, 4) is 0 Å². The van der Waals surface area contributed by atoms with E-state index in [2.05, 4.69) is 27.6 Å². The first-order valence-corrected chi connectivity index (χ1v) is 4.87. The van der Waals surface area contributed by atoms with Crippen molar-refractivity contribution >= 4 is 11.6 Å². The topological polar surface area (TPSA) is 75.9 Å². The van der Waals surface area contributed by atoms with Crippen LogP contribution in [-0.4, -0.2) is 16.5 Å². The van der Waals surface area contributed by atoms with Crippen molar-refractivity contribution in [2.45, 2.75) is 26.7 Å². The third-order valence-electron chi connectivity index (χ3n) is 1.93. The number of hydrogen-bond donors (Lipinski definition) is 3. The van der Waals surface area contributed by atoms with E-state index in [1.807, 2.05) is 6.92 Å². The number of anilines is 2. The fraction of sp³-hybridized carbons (Fsp3) is 0.556. The molecule has 78 valence electrons. The molecule has 1 heterocycles. The van der Waals surface area contributed by atoms with Gasteiger partial charge in [0.25, 0.3) is 0 Å². The van der Waals surface area contributed by atoms with Crippen LogP contribution in [0.1, 0.15) is 25.8 Å². The molecule has 0 aliphatic carbocycles. The highest BCUT2D eigenvalue weighted by Gasteiger charge is 2.08. The fourth-order valence-corrected chi connectivity index (χ4v) is 1.34. The Balaban J connectivity index is 3.00. The van der Waals surface area contributed by atoms with E-state index < -0.39 is 0 Å². The third-order valence-corrected chi connectivity index (χ3v) is 1.93. The summed E-state index contributed by atoms with van der Waals surface area (Å²) >= 11 is 0. The molecular formula is C9H17N5. The number of nitrogens with zero attached hydrogens (tertiary/aromatic N) is 2. The number of hydrazine groups is 1. The van der Waals surface area contributed by atoms with Crippen molar-refractivity contribution in [2.75, 3.05) is 17.3 Å². The molecule has 5 nitrogen and oxygen atoms in total. The van der Waals surface area contributed by atoms with Crippen molar-refractivity contribution < 1.29 is 0 Å². The molecule has 5 heteroatoms. The Hall–Kier alpha value is -1.36. The zero-order valence-corrected chi connectivity index (χ0v) is 8.67. The van der Waals surface area contributed by atoms with Crippen LogP contribution in [-0.2, 0) is 6.42 Å². The Morgan fingerprint density at radius 1 is 1.29 bits per heavy atom. The molecule has 0 fully saturated rings. The van der Waals surface area contributed by atoms with Crippen LogP contribution in [0.15, 0.2) is 6.33 Å². The first kappa shape index (κ1) is 10.7. The van der Waals surface area contributed by atoms with Crippen LogP contribution in [0.4, 0.5) is 11.6 Å². The van der Waals surface area contributed by atoms with Gasteiger partial charge in [0.05, 0.1) is 0 Å². The van der Waals surface area contributed by atoms with Gasteiger partial charge in [-0.3, -0.25) is 0 Å². The predicted molar refractivity (Wildman–Crippen MR) is 58.0 cm³/mol. The Labute approximate surface area is 84.1 Å². The molecule has 0 saturated carbocycles. The van der Waals surface area contributed by atoms with E-state index in [1.165, 1.54) is 6.33 Å². The van der Waals surface area contributed by atoms with Crippen LogP contribution in [0.2, 0.25) is 0 Å². The molecule has 0 aromatic carbocycles. The van der Waals surface area contributed by atoms with Gasteiger partial charge in [-0.1, -0.05) is 13.3 Å². The van der Waals surface area contributed by atoms with Gasteiger partial charge in [0.2, 0.25) is 0 Å². The van der Waals surface area contributed by atoms with E-state index in [4.69, 9.17) is 5.84 Å². The number of nitrogen functional groups attached to an aromatic ring is 1. The van der Waals surface area contributed by atoms with Crippen molar-refractivity contribution in [2.24, 2.45) is 5.84 Å². The second kappa shape index (κ2) is 5.39. The van der Waals surface area contributed by atoms with Crippen molar-refractivity contribution in [1.82, 2.24) is 9.97 Å². The minimum absolute atomic E-state index is 0.706. The highest BCUT2D eigenvalue weighted by atomic mass is 15.3. The van der Waals surface area contributed by atoms with E-state index in [-0.39, 0.29) is 0 Å². The molecular weight excluding hydrogens is 178 g/mol. The summed E-state index contributed by atoms with van der Waals surface area (Å²) in [5, 5.41) is 3.19. The van der Waals surface area contributed by atoms with Crippen LogP contribution in [0.5, 0.6) is 0 Å². The summed E-state index contributed by atoms with van der Waals surface area (Å²) < 4.78 is 0. The van der Waals surface area contributed by atoms with E-state index in [0.717, 1.165) is 30.8 Å². The van der Waals surface area contributed by atoms with Crippen molar-refractivity contribution in [3.05, 3.63) is 11.9 Å². The molecule has 0 saturated heterocycles. The first-order chi connectivity index (χ1) is 6.83. The molecule has 0 spiro atoms. The van der Waals surface area contributed by atoms with E-state index in [9.17, 15) is 0 Å². The van der Waals surface area contributed by atoms with E-state index in [1.54, 1.807) is 0 Å². The average molecular weight is 195 g/mol. The molecule has 0 amide bonds. The summed E-state index contributed by atoms with van der Waals surface area (Å²) in [6.07, 6.45) is 3.47. The van der Waals surface area contributed by atoms with Crippen LogP contribution >= 0.6 is 0 Å². The number of aromatic nitrogens is 2. The van der Waals surface area contributed by atoms with Gasteiger partial charge in [-0.25, -0.2) is 15.8 Å². The molecule has 0 aliphatic heterocycles. The number of nitrogens with one attached hydrogen (secondary N) is 2. The van der Waals surface area contributed by atoms with Crippen LogP contribution in [0.25, 0.3) is 0 Å². The van der Waals surface area contributed by atoms with Gasteiger partial charge < -0.3 is 10.7 Å². The second-order valence-electron chi connectivity index (χ2n) is 2.97. The maximum Gasteiger partial charge on any atom is 0.148 e. The molecule has 1 aromatic rings. The Morgan fingerprint density at radius 2 is 2.00 bits per heavy atom. The lowest BCUT2D eigenvalue weighted by molar-refractivity contribution is 0.898. The largest absolute Gasteiger partial charge is 0.370 e. The molecule has 0 unspecified atom stereocenters. The highest BCUT2D eigenvalue weighted by Crippen LogP contribution is 2.20. The Bertz CT molecular complexity index is 287. The normalized spacial score (nSPS) is 9.93. The molecule has 0 bridgehead atoms. The van der Waals surface area contributed by atoms with Crippen LogP contribution in [0, 0.1) is 0 Å². The molecule has 1 rings (SSSR count). The summed E-state index contributed by atoms with van der Waals surface area (Å²) in [5.74, 6) is 6.96. The van der Waals surface area contributed by atoms with E-state index >= 15 is 0 Å². The monoisotopic (exact) mass is 195 g/mol. The lowest BCUT2D eigenvalue weighted by atomic mass is 10.1. The number of hydrogen-bond acceptors (Lipinski definition) is 5. The molecule has 0 radical (unpaired) electrons. The van der Waals surface area contributed by atoms with Gasteiger partial charge in [-0.15, -0.1) is 0 Å². The number of rotatable bonds is 5. The summed E-state index contributed by atoms with van der Waals surface area (Å²) in [5.41, 5.74) is 3.64. The maximum absolute atomic E-state index is 5.38. The minimum atomic E-state index is 0.706. The van der Waals surface area contributed by atoms with Gasteiger partial charge in [-0.2, -0.15) is 0 Å². The second-order valence-corrected chi connectivity index (χ2v) is 2.97. The molecule has 1 aromatic heterocycles. The smallest absolute Gasteiger partial charge is 0.148 e. The quantitative estimate of drug-likeness (QED) is 0.485. The summed E-state index contributed by atoms with van der Waals surface area (Å²) in [6.45, 7) is 4.99. The SMILES string of the molecule is CCCc1c(NN)ncnc1NCC. The van der Waals surface area contributed by atoms with Crippen molar-refractivity contribution in [3.63, 3.8) is 0 Å². The molecule has 0 atom stereocenters. The molecule has 0 aliphatic rings. The first-order valence-electron chi connectivity index (χ1n) is 4.87. The van der Waals surface area contributed by atoms with Gasteiger partial charge in [0.1, 0.15) is 18.0 Å². The Morgan fingerprint density at radius 3 is 2.57 bits per heavy atom. The Kier molecular flexibility index (Phi) is 4.12. The minimum Gasteiger partial charge on any atom is -0.370 e. The standard InChI is InChI=1S/C9H17N5/c1-3-5-7-8(11-4-2)12-6-13-9(7)14-10/h6H,3-5,10H2,1-2H3,(H2,11,12,13,14). The zero-order valence-electron chi connectivity index (χ0n) is 8.67. The van der Waals surface area contributed by atoms with E-state index in [0.29, 0.717) is 5.82 Å².